The molecule has 0 bridgehead atoms. The molecule has 132 valence electrons. The molecule has 1 heterocycles. The Hall–Kier alpha value is -2.11. The standard InChI is InChI=1S/C20H17ClN2O2S/c21-13-9-11-14(12-10-13)23-19(25)15-5-1-2-6-16(15)22-20(23)26-18-8-4-3-7-17(18)24/h1-2,5-6,9-12,18H,3-4,7-8H2/t18-/m1/s1. The molecule has 0 unspecified atom stereocenters. The Morgan fingerprint density at radius 1 is 1.04 bits per heavy atom. The van der Waals surface area contributed by atoms with Crippen LogP contribution < -0.4 is 5.56 Å². The lowest BCUT2D eigenvalue weighted by molar-refractivity contribution is -0.119. The number of aromatic nitrogens is 2. The number of carbonyl (C=O) groups excluding carboxylic acids is 1. The first-order valence-corrected chi connectivity index (χ1v) is 9.86. The van der Waals surface area contributed by atoms with Crippen LogP contribution in [0.3, 0.4) is 0 Å². The van der Waals surface area contributed by atoms with Gasteiger partial charge >= 0.3 is 0 Å². The minimum atomic E-state index is -0.143. The van der Waals surface area contributed by atoms with Crippen molar-refractivity contribution in [2.75, 3.05) is 0 Å². The summed E-state index contributed by atoms with van der Waals surface area (Å²) in [6, 6.07) is 14.4. The molecule has 26 heavy (non-hydrogen) atoms. The molecular formula is C20H17ClN2O2S. The molecule has 1 aliphatic carbocycles. The summed E-state index contributed by atoms with van der Waals surface area (Å²) in [5, 5.41) is 1.57. The van der Waals surface area contributed by atoms with Crippen LogP contribution in [0.15, 0.2) is 58.5 Å². The first-order valence-electron chi connectivity index (χ1n) is 8.60. The number of hydrogen-bond acceptors (Lipinski definition) is 4. The van der Waals surface area contributed by atoms with Crippen LogP contribution in [0.1, 0.15) is 25.7 Å². The normalized spacial score (nSPS) is 17.6. The number of benzene rings is 2. The Morgan fingerprint density at radius 2 is 1.81 bits per heavy atom. The Morgan fingerprint density at radius 3 is 2.58 bits per heavy atom. The van der Waals surface area contributed by atoms with Crippen molar-refractivity contribution in [1.82, 2.24) is 9.55 Å². The van der Waals surface area contributed by atoms with Crippen LogP contribution in [-0.2, 0) is 4.79 Å². The van der Waals surface area contributed by atoms with E-state index in [2.05, 4.69) is 0 Å². The molecule has 1 atom stereocenters. The summed E-state index contributed by atoms with van der Waals surface area (Å²) in [6.07, 6.45) is 3.41. The fraction of sp³-hybridized carbons (Fsp3) is 0.250. The molecule has 4 rings (SSSR count). The zero-order valence-electron chi connectivity index (χ0n) is 14.0. The fourth-order valence-electron chi connectivity index (χ4n) is 3.21. The maximum atomic E-state index is 13.1. The quantitative estimate of drug-likeness (QED) is 0.617. The fourth-order valence-corrected chi connectivity index (χ4v) is 4.57. The second kappa shape index (κ2) is 7.25. The Bertz CT molecular complexity index is 1030. The number of Topliss-reactive ketones (excluding diaryl/α,β-unsaturated/α-hetero) is 1. The third kappa shape index (κ3) is 3.29. The lowest BCUT2D eigenvalue weighted by Crippen LogP contribution is -2.26. The number of rotatable bonds is 3. The summed E-state index contributed by atoms with van der Waals surface area (Å²) in [7, 11) is 0. The molecule has 4 nitrogen and oxygen atoms in total. The molecule has 0 spiro atoms. The Kier molecular flexibility index (Phi) is 4.83. The summed E-state index contributed by atoms with van der Waals surface area (Å²) < 4.78 is 1.59. The Balaban J connectivity index is 1.89. The molecule has 1 aromatic heterocycles. The molecule has 1 fully saturated rings. The van der Waals surface area contributed by atoms with E-state index in [1.165, 1.54) is 11.8 Å². The topological polar surface area (TPSA) is 52.0 Å². The van der Waals surface area contributed by atoms with E-state index in [9.17, 15) is 9.59 Å². The van der Waals surface area contributed by atoms with Gasteiger partial charge in [0.2, 0.25) is 0 Å². The van der Waals surface area contributed by atoms with Crippen LogP contribution in [0.25, 0.3) is 16.6 Å². The molecule has 2 aromatic carbocycles. The molecule has 0 saturated heterocycles. The van der Waals surface area contributed by atoms with E-state index in [1.807, 2.05) is 18.2 Å². The smallest absolute Gasteiger partial charge is 0.266 e. The van der Waals surface area contributed by atoms with Crippen LogP contribution in [-0.4, -0.2) is 20.6 Å². The molecule has 0 aliphatic heterocycles. The lowest BCUT2D eigenvalue weighted by Gasteiger charge is -2.21. The van der Waals surface area contributed by atoms with Gasteiger partial charge in [-0.05, 0) is 49.2 Å². The van der Waals surface area contributed by atoms with Crippen molar-refractivity contribution in [1.29, 1.82) is 0 Å². The van der Waals surface area contributed by atoms with E-state index in [-0.39, 0.29) is 16.6 Å². The van der Waals surface area contributed by atoms with Gasteiger partial charge in [-0.1, -0.05) is 41.9 Å². The summed E-state index contributed by atoms with van der Waals surface area (Å²) in [5.41, 5.74) is 1.21. The summed E-state index contributed by atoms with van der Waals surface area (Å²) in [6.45, 7) is 0. The van der Waals surface area contributed by atoms with E-state index in [0.717, 1.165) is 19.3 Å². The highest BCUT2D eigenvalue weighted by atomic mass is 35.5. The van der Waals surface area contributed by atoms with Crippen molar-refractivity contribution in [3.63, 3.8) is 0 Å². The predicted molar refractivity (Wildman–Crippen MR) is 105 cm³/mol. The first kappa shape index (κ1) is 17.3. The van der Waals surface area contributed by atoms with E-state index in [1.54, 1.807) is 34.9 Å². The van der Waals surface area contributed by atoms with Crippen LogP contribution in [0.2, 0.25) is 5.02 Å². The zero-order chi connectivity index (χ0) is 18.1. The average molecular weight is 385 g/mol. The number of para-hydroxylation sites is 1. The van der Waals surface area contributed by atoms with Gasteiger partial charge in [0.25, 0.3) is 5.56 Å². The molecule has 0 amide bonds. The van der Waals surface area contributed by atoms with Crippen LogP contribution in [0, 0.1) is 0 Å². The maximum Gasteiger partial charge on any atom is 0.266 e. The van der Waals surface area contributed by atoms with Crippen LogP contribution >= 0.6 is 23.4 Å². The molecular weight excluding hydrogens is 368 g/mol. The average Bonchev–Trinajstić information content (AvgIpc) is 2.65. The largest absolute Gasteiger partial charge is 0.298 e. The number of carbonyl (C=O) groups is 1. The van der Waals surface area contributed by atoms with E-state index in [0.29, 0.717) is 33.2 Å². The highest BCUT2D eigenvalue weighted by Crippen LogP contribution is 2.32. The molecule has 1 aliphatic rings. The summed E-state index contributed by atoms with van der Waals surface area (Å²) in [4.78, 5) is 30.1. The third-order valence-corrected chi connectivity index (χ3v) is 6.10. The third-order valence-electron chi connectivity index (χ3n) is 4.58. The minimum Gasteiger partial charge on any atom is -0.298 e. The predicted octanol–water partition coefficient (Wildman–Crippen LogP) is 4.64. The van der Waals surface area contributed by atoms with Gasteiger partial charge in [-0.25, -0.2) is 4.98 Å². The van der Waals surface area contributed by atoms with Crippen molar-refractivity contribution in [3.8, 4) is 5.69 Å². The van der Waals surface area contributed by atoms with Gasteiger partial charge in [0, 0.05) is 11.4 Å². The van der Waals surface area contributed by atoms with Crippen molar-refractivity contribution in [3.05, 3.63) is 63.9 Å². The van der Waals surface area contributed by atoms with Crippen molar-refractivity contribution >= 4 is 40.0 Å². The Labute approximate surface area is 160 Å². The molecule has 6 heteroatoms. The van der Waals surface area contributed by atoms with Crippen LogP contribution in [0.5, 0.6) is 0 Å². The van der Waals surface area contributed by atoms with Crippen molar-refractivity contribution in [2.24, 2.45) is 0 Å². The summed E-state index contributed by atoms with van der Waals surface area (Å²) in [5.74, 6) is 0.242. The zero-order valence-corrected chi connectivity index (χ0v) is 15.6. The van der Waals surface area contributed by atoms with Gasteiger partial charge in [0.15, 0.2) is 5.16 Å². The first-order chi connectivity index (χ1) is 12.6. The van der Waals surface area contributed by atoms with Gasteiger partial charge in [-0.15, -0.1) is 0 Å². The van der Waals surface area contributed by atoms with Gasteiger partial charge in [0.05, 0.1) is 21.8 Å². The minimum absolute atomic E-state index is 0.135. The number of halogens is 1. The number of hydrogen-bond donors (Lipinski definition) is 0. The number of fused-ring (bicyclic) bond motifs is 1. The molecule has 1 saturated carbocycles. The van der Waals surface area contributed by atoms with Gasteiger partial charge in [0.1, 0.15) is 5.78 Å². The second-order valence-corrected chi connectivity index (χ2v) is 7.95. The SMILES string of the molecule is O=C1CCCC[C@H]1Sc1nc2ccccc2c(=O)n1-c1ccc(Cl)cc1. The van der Waals surface area contributed by atoms with Gasteiger partial charge in [-0.3, -0.25) is 14.2 Å². The number of ketones is 1. The monoisotopic (exact) mass is 384 g/mol. The number of thioether (sulfide) groups is 1. The summed E-state index contributed by atoms with van der Waals surface area (Å²) >= 11 is 7.39. The second-order valence-electron chi connectivity index (χ2n) is 6.35. The highest BCUT2D eigenvalue weighted by Gasteiger charge is 2.26. The van der Waals surface area contributed by atoms with E-state index < -0.39 is 0 Å². The van der Waals surface area contributed by atoms with Crippen LogP contribution in [0.4, 0.5) is 0 Å². The maximum absolute atomic E-state index is 13.1. The highest BCUT2D eigenvalue weighted by molar-refractivity contribution is 8.00. The van der Waals surface area contributed by atoms with Crippen molar-refractivity contribution < 1.29 is 4.79 Å². The number of nitrogens with zero attached hydrogens (tertiary/aromatic N) is 2. The van der Waals surface area contributed by atoms with Crippen molar-refractivity contribution in [2.45, 2.75) is 36.1 Å². The van der Waals surface area contributed by atoms with Gasteiger partial charge in [-0.2, -0.15) is 0 Å². The van der Waals surface area contributed by atoms with E-state index >= 15 is 0 Å². The lowest BCUT2D eigenvalue weighted by atomic mass is 9.99. The molecule has 3 aromatic rings. The molecule has 0 radical (unpaired) electrons. The van der Waals surface area contributed by atoms with E-state index in [4.69, 9.17) is 16.6 Å². The van der Waals surface area contributed by atoms with Gasteiger partial charge < -0.3 is 0 Å². The molecule has 0 N–H and O–H groups in total.